The highest BCUT2D eigenvalue weighted by Crippen LogP contribution is 1.96. The van der Waals surface area contributed by atoms with Crippen molar-refractivity contribution in [2.45, 2.75) is 19.8 Å². The largest absolute Gasteiger partial charge is 0.382 e. The maximum atomic E-state index is 5.63. The van der Waals surface area contributed by atoms with Crippen LogP contribution in [0.25, 0.3) is 0 Å². The number of methoxy groups -OCH3 is 2. The molecule has 0 amide bonds. The average Bonchev–Trinajstić information content (AvgIpc) is 2.63. The molecule has 25 heavy (non-hydrogen) atoms. The monoisotopic (exact) mass is 365 g/mol. The van der Waals surface area contributed by atoms with Crippen molar-refractivity contribution in [3.8, 4) is 0 Å². The Kier molecular flexibility index (Phi) is 21.5. The second-order valence-electron chi connectivity index (χ2n) is 5.63. The van der Waals surface area contributed by atoms with Crippen LogP contribution in [-0.4, -0.2) is 105 Å². The van der Waals surface area contributed by atoms with E-state index in [2.05, 4.69) is 11.8 Å². The molecule has 0 aromatic rings. The quantitative estimate of drug-likeness (QED) is 0.285. The van der Waals surface area contributed by atoms with Crippen LogP contribution >= 0.6 is 0 Å². The Bertz CT molecular complexity index is 226. The number of ether oxygens (including phenoxy) is 6. The number of hydrogen-bond donors (Lipinski definition) is 0. The smallest absolute Gasteiger partial charge is 0.0701 e. The van der Waals surface area contributed by atoms with Gasteiger partial charge in [0.05, 0.1) is 66.1 Å². The normalized spacial score (nSPS) is 11.5. The molecule has 0 spiro atoms. The Morgan fingerprint density at radius 2 is 0.920 bits per heavy atom. The average molecular weight is 366 g/mol. The first kappa shape index (κ1) is 24.7. The van der Waals surface area contributed by atoms with Crippen LogP contribution in [-0.2, 0) is 28.4 Å². The predicted molar refractivity (Wildman–Crippen MR) is 98.4 cm³/mol. The van der Waals surface area contributed by atoms with Crippen molar-refractivity contribution < 1.29 is 28.4 Å². The second kappa shape index (κ2) is 21.8. The first-order chi connectivity index (χ1) is 12.3. The Morgan fingerprint density at radius 1 is 0.520 bits per heavy atom. The lowest BCUT2D eigenvalue weighted by atomic mass is 10.3. The molecule has 0 aliphatic heterocycles. The molecule has 0 fully saturated rings. The highest BCUT2D eigenvalue weighted by molar-refractivity contribution is 4.57. The molecule has 0 N–H and O–H groups in total. The van der Waals surface area contributed by atoms with Crippen LogP contribution in [0.2, 0.25) is 0 Å². The van der Waals surface area contributed by atoms with E-state index in [-0.39, 0.29) is 0 Å². The highest BCUT2D eigenvalue weighted by atomic mass is 16.5. The molecule has 0 rings (SSSR count). The molecule has 0 aliphatic rings. The first-order valence-electron chi connectivity index (χ1n) is 9.36. The molecule has 7 heteroatoms. The predicted octanol–water partition coefficient (Wildman–Crippen LogP) is 1.45. The zero-order chi connectivity index (χ0) is 18.4. The Balaban J connectivity index is 3.54. The summed E-state index contributed by atoms with van der Waals surface area (Å²) in [6, 6.07) is 0. The van der Waals surface area contributed by atoms with Crippen molar-refractivity contribution >= 4 is 0 Å². The molecule has 7 nitrogen and oxygen atoms in total. The van der Waals surface area contributed by atoms with Gasteiger partial charge in [0, 0.05) is 27.3 Å². The van der Waals surface area contributed by atoms with E-state index in [9.17, 15) is 0 Å². The van der Waals surface area contributed by atoms with Crippen molar-refractivity contribution in [2.75, 3.05) is 99.9 Å². The van der Waals surface area contributed by atoms with Crippen molar-refractivity contribution in [2.24, 2.45) is 0 Å². The molecule has 0 aromatic carbocycles. The van der Waals surface area contributed by atoms with Crippen LogP contribution < -0.4 is 0 Å². The minimum atomic E-state index is 0.616. The molecule has 0 saturated carbocycles. The topological polar surface area (TPSA) is 58.6 Å². The van der Waals surface area contributed by atoms with Gasteiger partial charge in [-0.2, -0.15) is 0 Å². The van der Waals surface area contributed by atoms with Gasteiger partial charge >= 0.3 is 0 Å². The summed E-state index contributed by atoms with van der Waals surface area (Å²) in [5, 5.41) is 0. The van der Waals surface area contributed by atoms with E-state index in [1.807, 2.05) is 0 Å². The lowest BCUT2D eigenvalue weighted by molar-refractivity contribution is 0.00927. The zero-order valence-corrected chi connectivity index (χ0v) is 16.5. The molecule has 0 bridgehead atoms. The van der Waals surface area contributed by atoms with Gasteiger partial charge in [-0.15, -0.1) is 0 Å². The molecular weight excluding hydrogens is 326 g/mol. The summed E-state index contributed by atoms with van der Waals surface area (Å²) in [5.41, 5.74) is 0. The first-order valence-corrected chi connectivity index (χ1v) is 9.36. The van der Waals surface area contributed by atoms with E-state index >= 15 is 0 Å². The summed E-state index contributed by atoms with van der Waals surface area (Å²) in [7, 11) is 3.34. The van der Waals surface area contributed by atoms with Crippen LogP contribution in [0.5, 0.6) is 0 Å². The van der Waals surface area contributed by atoms with Crippen molar-refractivity contribution in [1.82, 2.24) is 4.90 Å². The van der Waals surface area contributed by atoms with Crippen LogP contribution in [0.3, 0.4) is 0 Å². The molecule has 0 atom stereocenters. The van der Waals surface area contributed by atoms with Gasteiger partial charge in [0.2, 0.25) is 0 Å². The summed E-state index contributed by atoms with van der Waals surface area (Å²) in [5.74, 6) is 0. The third-order valence-corrected chi connectivity index (χ3v) is 3.54. The third kappa shape index (κ3) is 19.9. The number of unbranched alkanes of at least 4 members (excludes halogenated alkanes) is 1. The van der Waals surface area contributed by atoms with Gasteiger partial charge in [0.15, 0.2) is 0 Å². The van der Waals surface area contributed by atoms with Crippen molar-refractivity contribution in [3.63, 3.8) is 0 Å². The second-order valence-corrected chi connectivity index (χ2v) is 5.63. The van der Waals surface area contributed by atoms with E-state index < -0.39 is 0 Å². The summed E-state index contributed by atoms with van der Waals surface area (Å²) in [4.78, 5) is 2.39. The molecular formula is C18H39NO6. The maximum absolute atomic E-state index is 5.63. The molecule has 0 unspecified atom stereocenters. The molecule has 0 aromatic heterocycles. The standard InChI is InChI=1S/C18H39NO6/c1-4-5-6-19(7-9-22-15-17-24-13-11-20-2)8-10-23-16-18-25-14-12-21-3/h4-18H2,1-3H3. The van der Waals surface area contributed by atoms with Crippen LogP contribution in [0.15, 0.2) is 0 Å². The van der Waals surface area contributed by atoms with Gasteiger partial charge in [0.1, 0.15) is 0 Å². The molecule has 0 radical (unpaired) electrons. The van der Waals surface area contributed by atoms with Gasteiger partial charge in [-0.3, -0.25) is 4.90 Å². The number of rotatable bonds is 21. The van der Waals surface area contributed by atoms with Crippen molar-refractivity contribution in [3.05, 3.63) is 0 Å². The number of nitrogens with zero attached hydrogens (tertiary/aromatic N) is 1. The van der Waals surface area contributed by atoms with E-state index in [1.165, 1.54) is 12.8 Å². The van der Waals surface area contributed by atoms with E-state index in [1.54, 1.807) is 14.2 Å². The van der Waals surface area contributed by atoms with Gasteiger partial charge < -0.3 is 28.4 Å². The molecule has 0 saturated heterocycles. The number of hydrogen-bond acceptors (Lipinski definition) is 7. The SMILES string of the molecule is CCCCN(CCOCCOCCOC)CCOCCOCCOC. The minimum absolute atomic E-state index is 0.616. The molecule has 152 valence electrons. The lowest BCUT2D eigenvalue weighted by Crippen LogP contribution is -2.32. The molecule has 0 aliphatic carbocycles. The van der Waals surface area contributed by atoms with Crippen LogP contribution in [0.1, 0.15) is 19.8 Å². The van der Waals surface area contributed by atoms with E-state index in [0.717, 1.165) is 32.8 Å². The zero-order valence-electron chi connectivity index (χ0n) is 16.5. The van der Waals surface area contributed by atoms with Crippen LogP contribution in [0.4, 0.5) is 0 Å². The van der Waals surface area contributed by atoms with Gasteiger partial charge in [-0.1, -0.05) is 13.3 Å². The van der Waals surface area contributed by atoms with E-state index in [0.29, 0.717) is 52.9 Å². The lowest BCUT2D eigenvalue weighted by Gasteiger charge is -2.22. The summed E-state index contributed by atoms with van der Waals surface area (Å²) in [6.45, 7) is 11.6. The van der Waals surface area contributed by atoms with Gasteiger partial charge in [-0.05, 0) is 13.0 Å². The minimum Gasteiger partial charge on any atom is -0.382 e. The van der Waals surface area contributed by atoms with Crippen molar-refractivity contribution in [1.29, 1.82) is 0 Å². The van der Waals surface area contributed by atoms with Gasteiger partial charge in [-0.25, -0.2) is 0 Å². The van der Waals surface area contributed by atoms with Gasteiger partial charge in [0.25, 0.3) is 0 Å². The Labute approximate surface area is 153 Å². The Morgan fingerprint density at radius 3 is 1.32 bits per heavy atom. The summed E-state index contributed by atoms with van der Waals surface area (Å²) in [6.07, 6.45) is 2.39. The fraction of sp³-hybridized carbons (Fsp3) is 1.00. The Hall–Kier alpha value is -0.280. The highest BCUT2D eigenvalue weighted by Gasteiger charge is 2.04. The van der Waals surface area contributed by atoms with E-state index in [4.69, 9.17) is 28.4 Å². The maximum Gasteiger partial charge on any atom is 0.0701 e. The van der Waals surface area contributed by atoms with Crippen LogP contribution in [0, 0.1) is 0 Å². The third-order valence-electron chi connectivity index (χ3n) is 3.54. The fourth-order valence-electron chi connectivity index (χ4n) is 2.03. The summed E-state index contributed by atoms with van der Waals surface area (Å²) < 4.78 is 31.8. The summed E-state index contributed by atoms with van der Waals surface area (Å²) >= 11 is 0. The molecule has 0 heterocycles. The fourth-order valence-corrected chi connectivity index (χ4v) is 2.03.